The number of ether oxygens (including phenoxy) is 1. The summed E-state index contributed by atoms with van der Waals surface area (Å²) in [4.78, 5) is 12.7. The number of hydrogen-bond acceptors (Lipinski definition) is 4. The molecule has 0 atom stereocenters. The van der Waals surface area contributed by atoms with E-state index in [1.54, 1.807) is 24.3 Å². The molecule has 2 aromatic carbocycles. The van der Waals surface area contributed by atoms with E-state index < -0.39 is 0 Å². The van der Waals surface area contributed by atoms with E-state index in [4.69, 9.17) is 14.3 Å². The Bertz CT molecular complexity index is 949. The minimum atomic E-state index is -0.265. The average molecular weight is 416 g/mol. The lowest BCUT2D eigenvalue weighted by Gasteiger charge is -2.12. The Morgan fingerprint density at radius 1 is 1.19 bits per heavy atom. The first-order valence-electron chi connectivity index (χ1n) is 7.97. The van der Waals surface area contributed by atoms with Crippen LogP contribution in [-0.2, 0) is 6.61 Å². The predicted octanol–water partition coefficient (Wildman–Crippen LogP) is 4.77. The van der Waals surface area contributed by atoms with Gasteiger partial charge in [-0.05, 0) is 48.9 Å². The van der Waals surface area contributed by atoms with Crippen LogP contribution in [0.5, 0.6) is 5.75 Å². The molecular weight excluding hydrogens is 398 g/mol. The number of furan rings is 1. The molecule has 1 heterocycles. The number of anilines is 1. The van der Waals surface area contributed by atoms with E-state index >= 15 is 0 Å². The Hall–Kier alpha value is -2.57. The van der Waals surface area contributed by atoms with Gasteiger partial charge in [-0.2, -0.15) is 0 Å². The molecule has 0 saturated heterocycles. The minimum Gasteiger partial charge on any atom is -0.496 e. The van der Waals surface area contributed by atoms with E-state index in [2.05, 4.69) is 21.2 Å². The van der Waals surface area contributed by atoms with Gasteiger partial charge in [-0.3, -0.25) is 4.79 Å². The molecule has 0 radical (unpaired) electrons. The number of amides is 1. The Balaban J connectivity index is 1.91. The predicted molar refractivity (Wildman–Crippen MR) is 103 cm³/mol. The van der Waals surface area contributed by atoms with Crippen molar-refractivity contribution in [3.8, 4) is 17.1 Å². The van der Waals surface area contributed by atoms with Crippen molar-refractivity contribution in [3.63, 3.8) is 0 Å². The number of rotatable bonds is 5. The van der Waals surface area contributed by atoms with Crippen molar-refractivity contribution < 1.29 is 19.1 Å². The highest BCUT2D eigenvalue weighted by Crippen LogP contribution is 2.29. The maximum Gasteiger partial charge on any atom is 0.259 e. The molecule has 0 aliphatic carbocycles. The zero-order valence-electron chi connectivity index (χ0n) is 14.4. The van der Waals surface area contributed by atoms with Gasteiger partial charge >= 0.3 is 0 Å². The molecule has 6 heteroatoms. The van der Waals surface area contributed by atoms with Crippen molar-refractivity contribution in [2.24, 2.45) is 0 Å². The molecular formula is C20H18BrNO4. The summed E-state index contributed by atoms with van der Waals surface area (Å²) in [5, 5.41) is 12.1. The normalized spacial score (nSPS) is 10.6. The molecule has 0 unspecified atom stereocenters. The van der Waals surface area contributed by atoms with Gasteiger partial charge in [0.2, 0.25) is 0 Å². The smallest absolute Gasteiger partial charge is 0.259 e. The van der Waals surface area contributed by atoms with Gasteiger partial charge in [0.05, 0.1) is 12.7 Å². The van der Waals surface area contributed by atoms with E-state index in [-0.39, 0.29) is 12.5 Å². The van der Waals surface area contributed by atoms with Crippen LogP contribution >= 0.6 is 15.9 Å². The van der Waals surface area contributed by atoms with Crippen LogP contribution in [0.3, 0.4) is 0 Å². The summed E-state index contributed by atoms with van der Waals surface area (Å²) in [5.41, 5.74) is 2.85. The Labute approximate surface area is 159 Å². The van der Waals surface area contributed by atoms with Crippen LogP contribution in [-0.4, -0.2) is 18.1 Å². The second-order valence-corrected chi connectivity index (χ2v) is 6.67. The van der Waals surface area contributed by atoms with Gasteiger partial charge in [0.1, 0.15) is 23.9 Å². The van der Waals surface area contributed by atoms with Crippen LogP contribution < -0.4 is 10.1 Å². The van der Waals surface area contributed by atoms with E-state index in [1.807, 2.05) is 31.2 Å². The number of nitrogens with one attached hydrogen (secondary N) is 1. The third-order valence-corrected chi connectivity index (χ3v) is 4.49. The van der Waals surface area contributed by atoms with Crippen LogP contribution in [0.4, 0.5) is 5.69 Å². The third-order valence-electron chi connectivity index (χ3n) is 3.99. The van der Waals surface area contributed by atoms with Crippen molar-refractivity contribution in [2.45, 2.75) is 13.5 Å². The quantitative estimate of drug-likeness (QED) is 0.629. The fourth-order valence-electron chi connectivity index (χ4n) is 2.58. The lowest BCUT2D eigenvalue weighted by molar-refractivity contribution is 0.102. The summed E-state index contributed by atoms with van der Waals surface area (Å²) in [6, 6.07) is 14.4. The topological polar surface area (TPSA) is 71.7 Å². The highest BCUT2D eigenvalue weighted by Gasteiger charge is 2.15. The van der Waals surface area contributed by atoms with Crippen molar-refractivity contribution in [2.75, 3.05) is 12.4 Å². The molecule has 1 aromatic heterocycles. The number of halogens is 1. The number of hydrogen-bond donors (Lipinski definition) is 2. The van der Waals surface area contributed by atoms with Crippen LogP contribution in [0.25, 0.3) is 11.3 Å². The van der Waals surface area contributed by atoms with Crippen LogP contribution in [0.15, 0.2) is 57.4 Å². The number of methoxy groups -OCH3 is 1. The lowest BCUT2D eigenvalue weighted by Crippen LogP contribution is -2.14. The average Bonchev–Trinajstić information content (AvgIpc) is 3.12. The van der Waals surface area contributed by atoms with E-state index in [0.29, 0.717) is 28.5 Å². The molecule has 2 N–H and O–H groups in total. The molecule has 3 aromatic rings. The van der Waals surface area contributed by atoms with Crippen molar-refractivity contribution in [1.82, 2.24) is 0 Å². The maximum atomic E-state index is 12.7. The van der Waals surface area contributed by atoms with Crippen molar-refractivity contribution in [3.05, 3.63) is 69.9 Å². The number of carbonyl (C=O) groups excluding carboxylic acids is 1. The van der Waals surface area contributed by atoms with Crippen molar-refractivity contribution in [1.29, 1.82) is 0 Å². The number of aliphatic hydroxyl groups excluding tert-OH is 1. The minimum absolute atomic E-state index is 0.155. The monoisotopic (exact) mass is 415 g/mol. The van der Waals surface area contributed by atoms with Crippen LogP contribution in [0.2, 0.25) is 0 Å². The summed E-state index contributed by atoms with van der Waals surface area (Å²) in [7, 11) is 1.53. The number of carbonyl (C=O) groups is 1. The summed E-state index contributed by atoms with van der Waals surface area (Å²) in [5.74, 6) is 1.35. The molecule has 0 saturated carbocycles. The first-order chi connectivity index (χ1) is 12.5. The highest BCUT2D eigenvalue weighted by atomic mass is 79.9. The van der Waals surface area contributed by atoms with E-state index in [0.717, 1.165) is 15.6 Å². The largest absolute Gasteiger partial charge is 0.496 e. The van der Waals surface area contributed by atoms with Crippen LogP contribution in [0, 0.1) is 6.92 Å². The molecule has 1 amide bonds. The second-order valence-electron chi connectivity index (χ2n) is 5.75. The SMILES string of the molecule is COc1ccc(Br)cc1C(=O)Nc1cc(-c2ccc(CO)o2)ccc1C. The van der Waals surface area contributed by atoms with Gasteiger partial charge in [0, 0.05) is 15.7 Å². The molecule has 26 heavy (non-hydrogen) atoms. The standard InChI is InChI=1S/C20H18BrNO4/c1-12-3-4-13(18-8-6-15(11-23)26-18)9-17(12)22-20(24)16-10-14(21)5-7-19(16)25-2/h3-10,23H,11H2,1-2H3,(H,22,24). The molecule has 0 spiro atoms. The molecule has 0 fully saturated rings. The summed E-state index contributed by atoms with van der Waals surface area (Å²) >= 11 is 3.38. The fraction of sp³-hybridized carbons (Fsp3) is 0.150. The number of aliphatic hydroxyl groups is 1. The Morgan fingerprint density at radius 2 is 2.00 bits per heavy atom. The second kappa shape index (κ2) is 7.76. The Morgan fingerprint density at radius 3 is 2.69 bits per heavy atom. The van der Waals surface area contributed by atoms with Crippen LogP contribution in [0.1, 0.15) is 21.7 Å². The molecule has 3 rings (SSSR count). The van der Waals surface area contributed by atoms with E-state index in [9.17, 15) is 4.79 Å². The summed E-state index contributed by atoms with van der Waals surface area (Å²) in [6.07, 6.45) is 0. The van der Waals surface area contributed by atoms with Gasteiger partial charge in [0.25, 0.3) is 5.91 Å². The first-order valence-corrected chi connectivity index (χ1v) is 8.76. The molecule has 0 aliphatic heterocycles. The van der Waals surface area contributed by atoms with Gasteiger partial charge in [0.15, 0.2) is 0 Å². The molecule has 0 aliphatic rings. The lowest BCUT2D eigenvalue weighted by atomic mass is 10.1. The number of aryl methyl sites for hydroxylation is 1. The summed E-state index contributed by atoms with van der Waals surface area (Å²) < 4.78 is 11.6. The third kappa shape index (κ3) is 3.81. The molecule has 5 nitrogen and oxygen atoms in total. The summed E-state index contributed by atoms with van der Waals surface area (Å²) in [6.45, 7) is 1.76. The van der Waals surface area contributed by atoms with Gasteiger partial charge < -0.3 is 19.6 Å². The fourth-order valence-corrected chi connectivity index (χ4v) is 2.94. The van der Waals surface area contributed by atoms with E-state index in [1.165, 1.54) is 7.11 Å². The molecule has 134 valence electrons. The van der Waals surface area contributed by atoms with Gasteiger partial charge in [-0.25, -0.2) is 0 Å². The zero-order chi connectivity index (χ0) is 18.7. The molecule has 0 bridgehead atoms. The number of benzene rings is 2. The van der Waals surface area contributed by atoms with Crippen molar-refractivity contribution >= 4 is 27.5 Å². The zero-order valence-corrected chi connectivity index (χ0v) is 16.0. The highest BCUT2D eigenvalue weighted by molar-refractivity contribution is 9.10. The first kappa shape index (κ1) is 18.2. The van der Waals surface area contributed by atoms with Gasteiger partial charge in [-0.15, -0.1) is 0 Å². The van der Waals surface area contributed by atoms with Gasteiger partial charge in [-0.1, -0.05) is 28.1 Å². The maximum absolute atomic E-state index is 12.7. The Kier molecular flexibility index (Phi) is 5.44.